The summed E-state index contributed by atoms with van der Waals surface area (Å²) in [7, 11) is 0. The second kappa shape index (κ2) is 795. The molecule has 0 saturated heterocycles. The number of unbranched alkanes of at least 4 members (excludes halogenated alkanes) is 1. The van der Waals surface area contributed by atoms with Crippen LogP contribution in [0.4, 0.5) is 0 Å². The van der Waals surface area contributed by atoms with Crippen molar-refractivity contribution in [1.29, 1.82) is 0 Å². The van der Waals surface area contributed by atoms with Crippen LogP contribution in [0.2, 0.25) is 0 Å². The minimum atomic E-state index is 0. The van der Waals surface area contributed by atoms with E-state index in [4.69, 9.17) is 19.2 Å². The number of hydrogen-bond donors (Lipinski definition) is 0. The Morgan fingerprint density at radius 1 is 0.846 bits per heavy atom. The average molecular weight is 225 g/mol. The minimum Gasteiger partial charge on any atom is -0.545 e. The van der Waals surface area contributed by atoms with E-state index in [1.165, 1.54) is 6.42 Å². The molecule has 75 valence electrons. The van der Waals surface area contributed by atoms with Gasteiger partial charge in [0.05, 0.1) is 0 Å². The third kappa shape index (κ3) is 21100. The molecule has 0 aromatic rings. The Kier molecular flexibility index (Phi) is 2430. The smallest absolute Gasteiger partial charge is 0.545 e. The summed E-state index contributed by atoms with van der Waals surface area (Å²) in [6.45, 7) is 18.7. The van der Waals surface area contributed by atoms with Gasteiger partial charge in [-0.25, -0.2) is 0 Å². The standard InChI is InChI=1S/C4H9.4CHO.Cr/c1-3-4-2;4*1-2;/h1,3-4H2,2H3;4*1H;/q5*-1;+5. The van der Waals surface area contributed by atoms with E-state index < -0.39 is 0 Å². The molecule has 0 aliphatic rings. The summed E-state index contributed by atoms with van der Waals surface area (Å²) >= 11 is 0. The van der Waals surface area contributed by atoms with Crippen molar-refractivity contribution in [3.8, 4) is 0 Å². The molecule has 0 fully saturated rings. The fourth-order valence-electron chi connectivity index (χ4n) is 0. The number of hydrogen-bond acceptors (Lipinski definition) is 4. The van der Waals surface area contributed by atoms with Crippen molar-refractivity contribution in [1.82, 2.24) is 0 Å². The molecule has 0 unspecified atom stereocenters. The molecular weight excluding hydrogens is 212 g/mol. The van der Waals surface area contributed by atoms with Crippen molar-refractivity contribution in [2.75, 3.05) is 0 Å². The topological polar surface area (TPSA) is 68.3 Å². The van der Waals surface area contributed by atoms with Gasteiger partial charge >= 0.3 is 17.4 Å². The van der Waals surface area contributed by atoms with Crippen LogP contribution in [0, 0.1) is 6.92 Å². The summed E-state index contributed by atoms with van der Waals surface area (Å²) in [6.07, 6.45) is 2.28. The zero-order valence-electron chi connectivity index (χ0n) is 7.47. The molecule has 0 heterocycles. The van der Waals surface area contributed by atoms with Gasteiger partial charge in [-0.05, 0) is 0 Å². The molecule has 0 amide bonds. The number of carbonyl (C=O) groups excluding carboxylic acids is 4. The van der Waals surface area contributed by atoms with Gasteiger partial charge in [-0.15, -0.1) is 0 Å². The molecule has 0 spiro atoms. The van der Waals surface area contributed by atoms with Crippen molar-refractivity contribution >= 4 is 27.2 Å². The van der Waals surface area contributed by atoms with Gasteiger partial charge in [0.1, 0.15) is 0 Å². The van der Waals surface area contributed by atoms with Crippen LogP contribution in [0.25, 0.3) is 0 Å². The second-order valence-corrected chi connectivity index (χ2v) is 0.854. The predicted molar refractivity (Wildman–Crippen MR) is 47.3 cm³/mol. The molecular formula is C8H13CrO4. The molecule has 0 rings (SSSR count). The van der Waals surface area contributed by atoms with Crippen LogP contribution >= 0.6 is 0 Å². The van der Waals surface area contributed by atoms with Gasteiger partial charge in [0.15, 0.2) is 0 Å². The van der Waals surface area contributed by atoms with E-state index >= 15 is 0 Å². The first-order chi connectivity index (χ1) is 5.91. The van der Waals surface area contributed by atoms with Crippen molar-refractivity contribution in [3.63, 3.8) is 0 Å². The second-order valence-electron chi connectivity index (χ2n) is 0.854. The van der Waals surface area contributed by atoms with Crippen LogP contribution in [0.3, 0.4) is 0 Å². The maximum absolute atomic E-state index is 7.75. The molecule has 0 atom stereocenters. The first kappa shape index (κ1) is 39.8. The summed E-state index contributed by atoms with van der Waals surface area (Å²) in [5.41, 5.74) is 0. The van der Waals surface area contributed by atoms with Gasteiger partial charge in [0, 0.05) is 0 Å². The molecule has 0 aromatic carbocycles. The fraction of sp³-hybridized carbons (Fsp3) is 0.375. The molecule has 0 N–H and O–H groups in total. The summed E-state index contributed by atoms with van der Waals surface area (Å²) < 4.78 is 0. The van der Waals surface area contributed by atoms with Crippen molar-refractivity contribution < 1.29 is 36.5 Å². The van der Waals surface area contributed by atoms with Gasteiger partial charge in [0.2, 0.25) is 0 Å². The van der Waals surface area contributed by atoms with E-state index in [1.807, 2.05) is 0 Å². The van der Waals surface area contributed by atoms with Crippen LogP contribution in [-0.4, -0.2) is 27.2 Å². The Bertz CT molecular complexity index is 37.1. The van der Waals surface area contributed by atoms with Crippen LogP contribution in [0.5, 0.6) is 0 Å². The third-order valence-electron chi connectivity index (χ3n) is 0.354. The average Bonchev–Trinajstić information content (AvgIpc) is 2.29. The van der Waals surface area contributed by atoms with Gasteiger partial charge in [-0.3, -0.25) is 27.2 Å². The van der Waals surface area contributed by atoms with Gasteiger partial charge in [-0.1, -0.05) is 13.3 Å². The van der Waals surface area contributed by atoms with Crippen LogP contribution in [-0.2, 0) is 36.5 Å². The molecule has 5 heteroatoms. The Labute approximate surface area is 90.8 Å². The Morgan fingerprint density at radius 3 is 0.923 bits per heavy atom. The third-order valence-corrected chi connectivity index (χ3v) is 0.354. The largest absolute Gasteiger partial charge is 5.00 e. The Balaban J connectivity index is -0.0000000122. The summed E-state index contributed by atoms with van der Waals surface area (Å²) in [5, 5.41) is 0. The van der Waals surface area contributed by atoms with E-state index in [0.717, 1.165) is 6.42 Å². The molecule has 0 aliphatic carbocycles. The zero-order valence-corrected chi connectivity index (χ0v) is 8.75. The molecule has 13 heavy (non-hydrogen) atoms. The maximum atomic E-state index is 7.75. The first-order valence-corrected chi connectivity index (χ1v) is 2.65. The molecule has 0 aromatic heterocycles. The van der Waals surface area contributed by atoms with Gasteiger partial charge in [-0.2, -0.15) is 6.42 Å². The first-order valence-electron chi connectivity index (χ1n) is 2.65. The van der Waals surface area contributed by atoms with E-state index in [1.54, 1.807) is 0 Å². The number of rotatable bonds is 1. The van der Waals surface area contributed by atoms with E-state index in [0.29, 0.717) is 0 Å². The van der Waals surface area contributed by atoms with Gasteiger partial charge in [0.25, 0.3) is 0 Å². The van der Waals surface area contributed by atoms with E-state index in [2.05, 4.69) is 41.0 Å². The SMILES string of the molecule is [CH-]=O.[CH-]=O.[CH-]=O.[CH-]=O.[CH2-]CCC.[Cr+5]. The van der Waals surface area contributed by atoms with E-state index in [-0.39, 0.29) is 17.4 Å². The van der Waals surface area contributed by atoms with Crippen LogP contribution < -0.4 is 0 Å². The quantitative estimate of drug-likeness (QED) is 0.482. The van der Waals surface area contributed by atoms with E-state index in [9.17, 15) is 0 Å². The molecule has 1 radical (unpaired) electrons. The summed E-state index contributed by atoms with van der Waals surface area (Å²) in [6, 6.07) is 0. The van der Waals surface area contributed by atoms with Crippen LogP contribution in [0.15, 0.2) is 0 Å². The summed E-state index contributed by atoms with van der Waals surface area (Å²) in [5.74, 6) is 0. The molecule has 0 aliphatic heterocycles. The predicted octanol–water partition coefficient (Wildman–Crippen LogP) is 0.522. The summed E-state index contributed by atoms with van der Waals surface area (Å²) in [4.78, 5) is 31.0. The molecule has 0 bridgehead atoms. The Morgan fingerprint density at radius 2 is 0.923 bits per heavy atom. The fourth-order valence-corrected chi connectivity index (χ4v) is 0. The van der Waals surface area contributed by atoms with Gasteiger partial charge < -0.3 is 26.1 Å². The van der Waals surface area contributed by atoms with Crippen molar-refractivity contribution in [3.05, 3.63) is 6.92 Å². The Hall–Kier alpha value is -0.788. The molecule has 0 saturated carbocycles. The minimum absolute atomic E-state index is 0. The van der Waals surface area contributed by atoms with Crippen molar-refractivity contribution in [2.45, 2.75) is 19.8 Å². The maximum Gasteiger partial charge on any atom is 5.00 e. The zero-order chi connectivity index (χ0) is 11.4. The normalized spacial score (nSPS) is 3.54. The van der Waals surface area contributed by atoms with Crippen LogP contribution in [0.1, 0.15) is 19.8 Å². The van der Waals surface area contributed by atoms with Crippen molar-refractivity contribution in [2.24, 2.45) is 0 Å². The molecule has 4 nitrogen and oxygen atoms in total. The monoisotopic (exact) mass is 225 g/mol.